The highest BCUT2D eigenvalue weighted by Crippen LogP contribution is 2.34. The lowest BCUT2D eigenvalue weighted by molar-refractivity contribution is -0.146. The first-order valence-corrected chi connectivity index (χ1v) is 13.8. The summed E-state index contributed by atoms with van der Waals surface area (Å²) >= 11 is 0. The van der Waals surface area contributed by atoms with Gasteiger partial charge in [0.1, 0.15) is 12.1 Å². The van der Waals surface area contributed by atoms with Gasteiger partial charge in [0.25, 0.3) is 5.91 Å². The number of carbonyl (C=O) groups excluding carboxylic acids is 3. The fourth-order valence-electron chi connectivity index (χ4n) is 4.06. The standard InChI is InChI=1S/C30H35N2O4P/c1-20(2)26(29(34)32-27(21(3)4)30(35)36-5)31-28(33)24-18-12-13-19-25(24)37(22-14-8-6-9-15-22)23-16-10-7-11-17-23/h6-21,26-27H,1-5H3,(H,31,33)(H,32,34)/t26-,27-/m0/s1. The molecule has 0 saturated carbocycles. The van der Waals surface area contributed by atoms with Crippen LogP contribution in [0.2, 0.25) is 0 Å². The number of amides is 2. The Morgan fingerprint density at radius 1 is 0.676 bits per heavy atom. The first kappa shape index (κ1) is 28.1. The molecule has 2 atom stereocenters. The monoisotopic (exact) mass is 518 g/mol. The number of hydrogen-bond acceptors (Lipinski definition) is 4. The summed E-state index contributed by atoms with van der Waals surface area (Å²) in [6.45, 7) is 7.38. The van der Waals surface area contributed by atoms with Crippen molar-refractivity contribution in [2.24, 2.45) is 11.8 Å². The molecule has 0 fully saturated rings. The van der Waals surface area contributed by atoms with Gasteiger partial charge in [-0.2, -0.15) is 0 Å². The van der Waals surface area contributed by atoms with Crippen LogP contribution in [0.1, 0.15) is 38.1 Å². The van der Waals surface area contributed by atoms with Crippen LogP contribution in [0.15, 0.2) is 84.9 Å². The second-order valence-corrected chi connectivity index (χ2v) is 11.7. The summed E-state index contributed by atoms with van der Waals surface area (Å²) in [6, 6.07) is 26.2. The van der Waals surface area contributed by atoms with Gasteiger partial charge in [0.2, 0.25) is 5.91 Å². The molecular weight excluding hydrogens is 483 g/mol. The van der Waals surface area contributed by atoms with Gasteiger partial charge in [-0.1, -0.05) is 107 Å². The van der Waals surface area contributed by atoms with Crippen molar-refractivity contribution in [3.63, 3.8) is 0 Å². The molecular formula is C30H35N2O4P. The van der Waals surface area contributed by atoms with Gasteiger partial charge in [-0.05, 0) is 41.7 Å². The third kappa shape index (κ3) is 7.05. The summed E-state index contributed by atoms with van der Waals surface area (Å²) < 4.78 is 4.85. The lowest BCUT2D eigenvalue weighted by Crippen LogP contribution is -2.55. The summed E-state index contributed by atoms with van der Waals surface area (Å²) in [7, 11) is 0.281. The van der Waals surface area contributed by atoms with Gasteiger partial charge in [-0.3, -0.25) is 9.59 Å². The molecule has 2 amide bonds. The predicted octanol–water partition coefficient (Wildman–Crippen LogP) is 3.51. The second-order valence-electron chi connectivity index (χ2n) is 9.47. The first-order chi connectivity index (χ1) is 17.7. The molecule has 7 heteroatoms. The van der Waals surface area contributed by atoms with Crippen molar-refractivity contribution in [2.45, 2.75) is 39.8 Å². The molecule has 6 nitrogen and oxygen atoms in total. The van der Waals surface area contributed by atoms with E-state index in [-0.39, 0.29) is 17.7 Å². The van der Waals surface area contributed by atoms with Gasteiger partial charge >= 0.3 is 5.97 Å². The quantitative estimate of drug-likeness (QED) is 0.318. The highest BCUT2D eigenvalue weighted by atomic mass is 31.1. The summed E-state index contributed by atoms with van der Waals surface area (Å²) in [5, 5.41) is 8.87. The van der Waals surface area contributed by atoms with E-state index in [1.54, 1.807) is 6.07 Å². The summed E-state index contributed by atoms with van der Waals surface area (Å²) in [6.07, 6.45) is 0. The molecule has 0 radical (unpaired) electrons. The smallest absolute Gasteiger partial charge is 0.328 e. The zero-order chi connectivity index (χ0) is 26.9. The maximum Gasteiger partial charge on any atom is 0.328 e. The third-order valence-electron chi connectivity index (χ3n) is 6.07. The number of hydrogen-bond donors (Lipinski definition) is 2. The Balaban J connectivity index is 1.95. The van der Waals surface area contributed by atoms with E-state index in [1.165, 1.54) is 7.11 Å². The van der Waals surface area contributed by atoms with Crippen molar-refractivity contribution in [3.8, 4) is 0 Å². The van der Waals surface area contributed by atoms with Gasteiger partial charge in [0, 0.05) is 5.56 Å². The SMILES string of the molecule is COC(=O)[C@@H](NC(=O)[C@@H](NC(=O)c1ccccc1P(c1ccccc1)c1ccccc1)C(C)C)C(C)C. The maximum absolute atomic E-state index is 13.7. The van der Waals surface area contributed by atoms with Crippen LogP contribution in [0.4, 0.5) is 0 Å². The van der Waals surface area contributed by atoms with Crippen LogP contribution in [-0.2, 0) is 14.3 Å². The van der Waals surface area contributed by atoms with Crippen LogP contribution in [-0.4, -0.2) is 37.0 Å². The number of nitrogens with one attached hydrogen (secondary N) is 2. The van der Waals surface area contributed by atoms with Gasteiger partial charge < -0.3 is 15.4 Å². The van der Waals surface area contributed by atoms with E-state index in [4.69, 9.17) is 4.74 Å². The van der Waals surface area contributed by atoms with E-state index < -0.39 is 31.9 Å². The molecule has 0 spiro atoms. The highest BCUT2D eigenvalue weighted by molar-refractivity contribution is 7.80. The van der Waals surface area contributed by atoms with E-state index in [9.17, 15) is 14.4 Å². The Bertz CT molecular complexity index is 1160. The molecule has 3 aromatic carbocycles. The second kappa shape index (κ2) is 13.2. The lowest BCUT2D eigenvalue weighted by atomic mass is 10.00. The highest BCUT2D eigenvalue weighted by Gasteiger charge is 2.32. The van der Waals surface area contributed by atoms with Crippen molar-refractivity contribution < 1.29 is 19.1 Å². The van der Waals surface area contributed by atoms with E-state index in [1.807, 2.05) is 82.3 Å². The van der Waals surface area contributed by atoms with Gasteiger partial charge in [-0.15, -0.1) is 0 Å². The van der Waals surface area contributed by atoms with Crippen molar-refractivity contribution in [2.75, 3.05) is 7.11 Å². The van der Waals surface area contributed by atoms with Crippen molar-refractivity contribution in [1.82, 2.24) is 10.6 Å². The van der Waals surface area contributed by atoms with Crippen molar-refractivity contribution in [1.29, 1.82) is 0 Å². The fourth-order valence-corrected chi connectivity index (χ4v) is 6.51. The Labute approximate surface area is 220 Å². The average molecular weight is 519 g/mol. The van der Waals surface area contributed by atoms with E-state index in [0.29, 0.717) is 5.56 Å². The fraction of sp³-hybridized carbons (Fsp3) is 0.300. The lowest BCUT2D eigenvalue weighted by Gasteiger charge is -2.27. The molecule has 2 N–H and O–H groups in total. The minimum Gasteiger partial charge on any atom is -0.467 e. The number of methoxy groups -OCH3 is 1. The molecule has 0 aliphatic rings. The largest absolute Gasteiger partial charge is 0.467 e. The van der Waals surface area contributed by atoms with Crippen LogP contribution >= 0.6 is 7.92 Å². The van der Waals surface area contributed by atoms with Crippen LogP contribution < -0.4 is 26.5 Å². The van der Waals surface area contributed by atoms with Crippen LogP contribution in [0.25, 0.3) is 0 Å². The maximum atomic E-state index is 13.7. The molecule has 194 valence electrons. The van der Waals surface area contributed by atoms with E-state index in [0.717, 1.165) is 15.9 Å². The molecule has 0 saturated heterocycles. The number of benzene rings is 3. The summed E-state index contributed by atoms with van der Waals surface area (Å²) in [5.74, 6) is -1.63. The molecule has 0 aliphatic heterocycles. The number of carbonyl (C=O) groups is 3. The van der Waals surface area contributed by atoms with Crippen LogP contribution in [0, 0.1) is 11.8 Å². The van der Waals surface area contributed by atoms with E-state index >= 15 is 0 Å². The van der Waals surface area contributed by atoms with Gasteiger partial charge in [0.05, 0.1) is 7.11 Å². The predicted molar refractivity (Wildman–Crippen MR) is 150 cm³/mol. The van der Waals surface area contributed by atoms with Crippen LogP contribution in [0.3, 0.4) is 0 Å². The number of esters is 1. The summed E-state index contributed by atoms with van der Waals surface area (Å²) in [5.41, 5.74) is 0.521. The molecule has 3 aromatic rings. The molecule has 0 aromatic heterocycles. The Morgan fingerprint density at radius 3 is 1.65 bits per heavy atom. The third-order valence-corrected chi connectivity index (χ3v) is 8.57. The normalized spacial score (nSPS) is 12.8. The topological polar surface area (TPSA) is 84.5 Å². The molecule has 37 heavy (non-hydrogen) atoms. The minimum absolute atomic E-state index is 0.166. The summed E-state index contributed by atoms with van der Waals surface area (Å²) in [4.78, 5) is 39.1. The van der Waals surface area contributed by atoms with Crippen LogP contribution in [0.5, 0.6) is 0 Å². The van der Waals surface area contributed by atoms with Gasteiger partial charge in [0.15, 0.2) is 0 Å². The first-order valence-electron chi connectivity index (χ1n) is 12.4. The molecule has 0 unspecified atom stereocenters. The Morgan fingerprint density at radius 2 is 1.16 bits per heavy atom. The van der Waals surface area contributed by atoms with E-state index in [2.05, 4.69) is 34.9 Å². The number of rotatable bonds is 10. The Kier molecular flexibility index (Phi) is 9.99. The number of ether oxygens (including phenoxy) is 1. The zero-order valence-electron chi connectivity index (χ0n) is 22.0. The molecule has 0 aliphatic carbocycles. The minimum atomic E-state index is -1.01. The van der Waals surface area contributed by atoms with Crippen molar-refractivity contribution in [3.05, 3.63) is 90.5 Å². The molecule has 0 heterocycles. The zero-order valence-corrected chi connectivity index (χ0v) is 22.9. The van der Waals surface area contributed by atoms with Crippen molar-refractivity contribution >= 4 is 41.6 Å². The Hall–Kier alpha value is -3.50. The molecule has 0 bridgehead atoms. The molecule has 3 rings (SSSR count). The van der Waals surface area contributed by atoms with Gasteiger partial charge in [-0.25, -0.2) is 4.79 Å². The average Bonchev–Trinajstić information content (AvgIpc) is 2.91.